The van der Waals surface area contributed by atoms with Crippen LogP contribution in [0.3, 0.4) is 0 Å². The van der Waals surface area contributed by atoms with Crippen LogP contribution in [0.5, 0.6) is 0 Å². The summed E-state index contributed by atoms with van der Waals surface area (Å²) in [6.07, 6.45) is 7.70. The fourth-order valence-corrected chi connectivity index (χ4v) is 5.96. The first-order chi connectivity index (χ1) is 17.5. The van der Waals surface area contributed by atoms with E-state index in [4.69, 9.17) is 4.42 Å². The summed E-state index contributed by atoms with van der Waals surface area (Å²) >= 11 is 0. The van der Waals surface area contributed by atoms with E-state index in [0.717, 1.165) is 36.3 Å². The molecular weight excluding hydrogens is 519 g/mol. The first-order valence-corrected chi connectivity index (χ1v) is 15.5. The summed E-state index contributed by atoms with van der Waals surface area (Å²) in [5.41, 5.74) is 3.23. The molecule has 0 spiro atoms. The monoisotopic (exact) mass is 546 g/mol. The smallest absolute Gasteiger partial charge is 0.232 e. The van der Waals surface area contributed by atoms with Gasteiger partial charge < -0.3 is 9.40 Å². The van der Waals surface area contributed by atoms with Crippen molar-refractivity contribution in [2.75, 3.05) is 29.9 Å². The molecule has 5 rings (SSSR count). The molecule has 2 aromatic heterocycles. The molecule has 2 aromatic carbocycles. The molecule has 0 amide bonds. The molecule has 0 radical (unpaired) electrons. The van der Waals surface area contributed by atoms with Gasteiger partial charge in [0.25, 0.3) is 0 Å². The van der Waals surface area contributed by atoms with Crippen molar-refractivity contribution < 1.29 is 25.6 Å². The van der Waals surface area contributed by atoms with Crippen LogP contribution in [0.4, 0.5) is 10.1 Å². The summed E-state index contributed by atoms with van der Waals surface area (Å²) < 4.78 is 72.2. The number of furan rings is 1. The van der Waals surface area contributed by atoms with Gasteiger partial charge in [-0.15, -0.1) is 0 Å². The first-order valence-electron chi connectivity index (χ1n) is 11.8. The van der Waals surface area contributed by atoms with Gasteiger partial charge in [-0.25, -0.2) is 30.9 Å². The highest BCUT2D eigenvalue weighted by Gasteiger charge is 2.32. The number of halogens is 1. The molecule has 9 nitrogen and oxygen atoms in total. The number of hydrogen-bond acceptors (Lipinski definition) is 6. The molecule has 0 bridgehead atoms. The number of benzene rings is 2. The lowest BCUT2D eigenvalue weighted by Gasteiger charge is -2.25. The molecule has 1 aliphatic rings. The summed E-state index contributed by atoms with van der Waals surface area (Å²) in [5.74, 6) is 0.907. The van der Waals surface area contributed by atoms with Gasteiger partial charge in [0.2, 0.25) is 20.0 Å². The second-order valence-electron chi connectivity index (χ2n) is 9.29. The highest BCUT2D eigenvalue weighted by atomic mass is 32.2. The Morgan fingerprint density at radius 2 is 1.86 bits per heavy atom. The van der Waals surface area contributed by atoms with Gasteiger partial charge in [0.1, 0.15) is 23.0 Å². The van der Waals surface area contributed by atoms with E-state index in [1.165, 1.54) is 16.4 Å². The van der Waals surface area contributed by atoms with Gasteiger partial charge in [0, 0.05) is 42.5 Å². The zero-order valence-electron chi connectivity index (χ0n) is 20.4. The molecule has 4 aromatic rings. The molecule has 12 heteroatoms. The lowest BCUT2D eigenvalue weighted by molar-refractivity contribution is 0.584. The van der Waals surface area contributed by atoms with Crippen molar-refractivity contribution in [2.24, 2.45) is 0 Å². The molecule has 2 N–H and O–H groups in total. The van der Waals surface area contributed by atoms with Crippen LogP contribution < -0.4 is 9.03 Å². The van der Waals surface area contributed by atoms with Crippen molar-refractivity contribution >= 4 is 36.7 Å². The molecule has 37 heavy (non-hydrogen) atoms. The molecule has 0 atom stereocenters. The van der Waals surface area contributed by atoms with Gasteiger partial charge in [-0.2, -0.15) is 0 Å². The number of fused-ring (bicyclic) bond motifs is 1. The van der Waals surface area contributed by atoms with Gasteiger partial charge in [-0.3, -0.25) is 4.31 Å². The molecule has 1 aliphatic carbocycles. The number of hydrogen-bond donors (Lipinski definition) is 2. The molecular formula is C25H27FN4O5S2. The maximum atomic E-state index is 13.6. The number of aromatic nitrogens is 2. The second-order valence-corrected chi connectivity index (χ2v) is 13.0. The van der Waals surface area contributed by atoms with Gasteiger partial charge >= 0.3 is 0 Å². The minimum atomic E-state index is -3.68. The lowest BCUT2D eigenvalue weighted by atomic mass is 10.0. The third kappa shape index (κ3) is 5.55. The number of aromatic amines is 1. The van der Waals surface area contributed by atoms with E-state index in [9.17, 15) is 21.2 Å². The molecule has 2 heterocycles. The number of rotatable bonds is 10. The third-order valence-corrected chi connectivity index (χ3v) is 8.18. The van der Waals surface area contributed by atoms with Gasteiger partial charge in [-0.05, 0) is 61.1 Å². The molecule has 196 valence electrons. The van der Waals surface area contributed by atoms with Crippen LogP contribution in [0.1, 0.15) is 30.7 Å². The van der Waals surface area contributed by atoms with E-state index in [1.54, 1.807) is 30.6 Å². The standard InChI is InChI=1S/C25H27FN4O5S2/c1-36(31,32)29-10-3-13-30(37(2,33)34)21-15-22-20(14-19(21)16-4-5-16)23(25-27-11-12-28-25)24(35-22)17-6-8-18(26)9-7-17/h6-9,11-12,14-16,29H,3-5,10,13H2,1-2H3,(H,27,28). The SMILES string of the molecule is CS(=O)(=O)NCCCN(c1cc2oc(-c3ccc(F)cc3)c(-c3ncc[nH]3)c2cc1C1CC1)S(C)(=O)=O. The largest absolute Gasteiger partial charge is 0.455 e. The predicted molar refractivity (Wildman–Crippen MR) is 141 cm³/mol. The van der Waals surface area contributed by atoms with E-state index in [0.29, 0.717) is 40.4 Å². The van der Waals surface area contributed by atoms with Crippen LogP contribution in [0.25, 0.3) is 33.7 Å². The molecule has 1 saturated carbocycles. The number of nitrogens with zero attached hydrogens (tertiary/aromatic N) is 2. The Morgan fingerprint density at radius 1 is 1.14 bits per heavy atom. The van der Waals surface area contributed by atoms with Crippen LogP contribution in [0.15, 0.2) is 53.2 Å². The normalized spacial score (nSPS) is 14.4. The van der Waals surface area contributed by atoms with Gasteiger partial charge in [0.15, 0.2) is 0 Å². The second kappa shape index (κ2) is 9.58. The van der Waals surface area contributed by atoms with Crippen molar-refractivity contribution in [1.82, 2.24) is 14.7 Å². The number of nitrogens with one attached hydrogen (secondary N) is 2. The molecule has 0 unspecified atom stereocenters. The van der Waals surface area contributed by atoms with Crippen molar-refractivity contribution in [3.63, 3.8) is 0 Å². The van der Waals surface area contributed by atoms with Crippen molar-refractivity contribution in [3.05, 3.63) is 60.2 Å². The summed E-state index contributed by atoms with van der Waals surface area (Å²) in [7, 11) is -7.06. The fourth-order valence-electron chi connectivity index (χ4n) is 4.47. The van der Waals surface area contributed by atoms with E-state index < -0.39 is 20.0 Å². The quantitative estimate of drug-likeness (QED) is 0.287. The minimum Gasteiger partial charge on any atom is -0.455 e. The van der Waals surface area contributed by atoms with E-state index >= 15 is 0 Å². The number of imidazole rings is 1. The third-order valence-electron chi connectivity index (χ3n) is 6.27. The number of anilines is 1. The van der Waals surface area contributed by atoms with Crippen LogP contribution in [-0.2, 0) is 20.0 Å². The van der Waals surface area contributed by atoms with Gasteiger partial charge in [0.05, 0.1) is 23.8 Å². The van der Waals surface area contributed by atoms with E-state index in [-0.39, 0.29) is 24.8 Å². The van der Waals surface area contributed by atoms with E-state index in [2.05, 4.69) is 14.7 Å². The summed E-state index contributed by atoms with van der Waals surface area (Å²) in [5, 5.41) is 0.770. The topological polar surface area (TPSA) is 125 Å². The number of H-pyrrole nitrogens is 1. The van der Waals surface area contributed by atoms with Crippen LogP contribution in [0.2, 0.25) is 0 Å². The maximum Gasteiger partial charge on any atom is 0.232 e. The van der Waals surface area contributed by atoms with E-state index in [1.807, 2.05) is 6.07 Å². The Morgan fingerprint density at radius 3 is 2.46 bits per heavy atom. The van der Waals surface area contributed by atoms with Crippen LogP contribution >= 0.6 is 0 Å². The Hall–Kier alpha value is -3.22. The molecule has 0 aliphatic heterocycles. The first kappa shape index (κ1) is 25.4. The van der Waals surface area contributed by atoms with Crippen molar-refractivity contribution in [3.8, 4) is 22.7 Å². The average Bonchev–Trinajstić information content (AvgIpc) is 3.39. The molecule has 0 saturated heterocycles. The summed E-state index contributed by atoms with van der Waals surface area (Å²) in [6, 6.07) is 9.65. The Kier molecular flexibility index (Phi) is 6.59. The molecule has 1 fully saturated rings. The van der Waals surface area contributed by atoms with Crippen molar-refractivity contribution in [2.45, 2.75) is 25.2 Å². The zero-order chi connectivity index (χ0) is 26.4. The van der Waals surface area contributed by atoms with Crippen LogP contribution in [-0.4, -0.2) is 52.4 Å². The summed E-state index contributed by atoms with van der Waals surface area (Å²) in [6.45, 7) is 0.215. The fraction of sp³-hybridized carbons (Fsp3) is 0.320. The lowest BCUT2D eigenvalue weighted by Crippen LogP contribution is -2.34. The highest BCUT2D eigenvalue weighted by molar-refractivity contribution is 7.92. The Labute approximate surface area is 214 Å². The predicted octanol–water partition coefficient (Wildman–Crippen LogP) is 4.21. The average molecular weight is 547 g/mol. The zero-order valence-corrected chi connectivity index (χ0v) is 22.0. The number of sulfonamides is 2. The summed E-state index contributed by atoms with van der Waals surface area (Å²) in [4.78, 5) is 7.54. The maximum absolute atomic E-state index is 13.6. The van der Waals surface area contributed by atoms with Crippen molar-refractivity contribution in [1.29, 1.82) is 0 Å². The minimum absolute atomic E-state index is 0.100. The highest BCUT2D eigenvalue weighted by Crippen LogP contribution is 2.49. The van der Waals surface area contributed by atoms with Gasteiger partial charge in [-0.1, -0.05) is 0 Å². The Bertz CT molecular complexity index is 1640. The Balaban J connectivity index is 1.65. The van der Waals surface area contributed by atoms with Crippen LogP contribution in [0, 0.1) is 5.82 Å².